The van der Waals surface area contributed by atoms with Crippen molar-refractivity contribution >= 4 is 11.9 Å². The Balaban J connectivity index is 1.88. The second kappa shape index (κ2) is 7.24. The number of aliphatic carboxylic acids is 1. The van der Waals surface area contributed by atoms with E-state index in [1.54, 1.807) is 13.2 Å². The van der Waals surface area contributed by atoms with Crippen molar-refractivity contribution in [2.24, 2.45) is 0 Å². The Kier molecular flexibility index (Phi) is 5.07. The van der Waals surface area contributed by atoms with Crippen LogP contribution < -0.4 is 4.74 Å². The summed E-state index contributed by atoms with van der Waals surface area (Å²) in [4.78, 5) is 25.7. The zero-order valence-electron chi connectivity index (χ0n) is 14.2. The molecule has 0 radical (unpaired) electrons. The first-order valence-electron chi connectivity index (χ1n) is 8.83. The van der Waals surface area contributed by atoms with E-state index >= 15 is 0 Å². The van der Waals surface area contributed by atoms with Crippen molar-refractivity contribution in [1.29, 1.82) is 0 Å². The molecule has 0 spiro atoms. The lowest BCUT2D eigenvalue weighted by Gasteiger charge is -2.25. The molecule has 0 aromatic heterocycles. The maximum Gasteiger partial charge on any atom is 0.326 e. The van der Waals surface area contributed by atoms with Gasteiger partial charge in [0.15, 0.2) is 0 Å². The number of carboxylic acids is 1. The van der Waals surface area contributed by atoms with Gasteiger partial charge in [0.05, 0.1) is 7.11 Å². The van der Waals surface area contributed by atoms with Gasteiger partial charge in [0, 0.05) is 12.1 Å². The molecule has 1 aliphatic heterocycles. The molecular weight excluding hydrogens is 306 g/mol. The molecular formula is C19H25NO4. The molecule has 1 aromatic rings. The van der Waals surface area contributed by atoms with Crippen molar-refractivity contribution in [2.45, 2.75) is 56.9 Å². The molecule has 24 heavy (non-hydrogen) atoms. The van der Waals surface area contributed by atoms with Gasteiger partial charge in [-0.15, -0.1) is 0 Å². The highest BCUT2D eigenvalue weighted by Gasteiger charge is 2.34. The predicted molar refractivity (Wildman–Crippen MR) is 90.5 cm³/mol. The second-order valence-electron chi connectivity index (χ2n) is 6.82. The van der Waals surface area contributed by atoms with Crippen LogP contribution in [0, 0.1) is 0 Å². The van der Waals surface area contributed by atoms with Gasteiger partial charge >= 0.3 is 5.97 Å². The van der Waals surface area contributed by atoms with Crippen molar-refractivity contribution in [3.63, 3.8) is 0 Å². The van der Waals surface area contributed by atoms with Crippen LogP contribution in [0.1, 0.15) is 66.8 Å². The van der Waals surface area contributed by atoms with Crippen molar-refractivity contribution in [3.05, 3.63) is 29.3 Å². The van der Waals surface area contributed by atoms with E-state index in [1.807, 2.05) is 12.1 Å². The molecule has 0 bridgehead atoms. The summed E-state index contributed by atoms with van der Waals surface area (Å²) in [5.74, 6) is 0.0221. The molecule has 1 saturated heterocycles. The van der Waals surface area contributed by atoms with Crippen LogP contribution in [0.25, 0.3) is 0 Å². The van der Waals surface area contributed by atoms with Crippen LogP contribution in [0.4, 0.5) is 0 Å². The number of carboxylic acid groups (broad SMARTS) is 1. The minimum atomic E-state index is -0.920. The van der Waals surface area contributed by atoms with Gasteiger partial charge in [-0.05, 0) is 55.4 Å². The van der Waals surface area contributed by atoms with Gasteiger partial charge in [-0.1, -0.05) is 19.3 Å². The average Bonchev–Trinajstić information content (AvgIpc) is 3.11. The third-order valence-corrected chi connectivity index (χ3v) is 5.29. The van der Waals surface area contributed by atoms with E-state index in [9.17, 15) is 14.7 Å². The van der Waals surface area contributed by atoms with Crippen LogP contribution in [-0.2, 0) is 4.79 Å². The lowest BCUT2D eigenvalue weighted by Crippen LogP contribution is -2.40. The fourth-order valence-corrected chi connectivity index (χ4v) is 3.97. The van der Waals surface area contributed by atoms with E-state index in [0.717, 1.165) is 24.8 Å². The maximum atomic E-state index is 12.9. The maximum absolute atomic E-state index is 12.9. The fourth-order valence-electron chi connectivity index (χ4n) is 3.97. The zero-order chi connectivity index (χ0) is 17.1. The lowest BCUT2D eigenvalue weighted by atomic mass is 9.83. The third kappa shape index (κ3) is 3.40. The number of carbonyl (C=O) groups is 2. The molecule has 2 fully saturated rings. The summed E-state index contributed by atoms with van der Waals surface area (Å²) in [5, 5.41) is 9.32. The Labute approximate surface area is 142 Å². The normalized spacial score (nSPS) is 21.7. The van der Waals surface area contributed by atoms with Gasteiger partial charge in [-0.25, -0.2) is 4.79 Å². The van der Waals surface area contributed by atoms with Gasteiger partial charge in [0.2, 0.25) is 0 Å². The molecule has 5 heteroatoms. The van der Waals surface area contributed by atoms with Crippen LogP contribution in [0.2, 0.25) is 0 Å². The lowest BCUT2D eigenvalue weighted by molar-refractivity contribution is -0.141. The average molecular weight is 331 g/mol. The van der Waals surface area contributed by atoms with Crippen molar-refractivity contribution in [3.8, 4) is 5.75 Å². The standard InChI is InChI=1S/C19H25NO4/c1-24-16-11-14(13-6-3-2-4-7-13)10-15(12-16)18(21)20-9-5-8-17(20)19(22)23/h10-13,17H,2-9H2,1H3,(H,22,23). The Bertz CT molecular complexity index is 622. The fraction of sp³-hybridized carbons (Fsp3) is 0.579. The van der Waals surface area contributed by atoms with E-state index in [-0.39, 0.29) is 5.91 Å². The van der Waals surface area contributed by atoms with E-state index in [1.165, 1.54) is 24.2 Å². The Morgan fingerprint density at radius 3 is 2.50 bits per heavy atom. The molecule has 3 rings (SSSR count). The zero-order valence-corrected chi connectivity index (χ0v) is 14.2. The molecule has 1 amide bonds. The van der Waals surface area contributed by atoms with E-state index in [4.69, 9.17) is 4.74 Å². The highest BCUT2D eigenvalue weighted by atomic mass is 16.5. The number of amides is 1. The minimum Gasteiger partial charge on any atom is -0.497 e. The van der Waals surface area contributed by atoms with Gasteiger partial charge < -0.3 is 14.7 Å². The number of likely N-dealkylation sites (tertiary alicyclic amines) is 1. The first-order valence-corrected chi connectivity index (χ1v) is 8.83. The summed E-state index contributed by atoms with van der Waals surface area (Å²) in [6, 6.07) is 4.98. The molecule has 1 aliphatic carbocycles. The molecule has 130 valence electrons. The van der Waals surface area contributed by atoms with Crippen LogP contribution >= 0.6 is 0 Å². The molecule has 1 atom stereocenters. The summed E-state index contributed by atoms with van der Waals surface area (Å²) in [7, 11) is 1.60. The topological polar surface area (TPSA) is 66.8 Å². The molecule has 2 aliphatic rings. The van der Waals surface area contributed by atoms with Gasteiger partial charge in [-0.3, -0.25) is 4.79 Å². The molecule has 1 N–H and O–H groups in total. The largest absolute Gasteiger partial charge is 0.497 e. The first-order chi connectivity index (χ1) is 11.6. The highest BCUT2D eigenvalue weighted by molar-refractivity contribution is 5.97. The molecule has 1 unspecified atom stereocenters. The van der Waals surface area contributed by atoms with Gasteiger partial charge in [0.25, 0.3) is 5.91 Å². The smallest absolute Gasteiger partial charge is 0.326 e. The Hall–Kier alpha value is -2.04. The highest BCUT2D eigenvalue weighted by Crippen LogP contribution is 2.35. The van der Waals surface area contributed by atoms with Gasteiger partial charge in [-0.2, -0.15) is 0 Å². The monoisotopic (exact) mass is 331 g/mol. The summed E-state index contributed by atoms with van der Waals surface area (Å²) in [6.07, 6.45) is 7.27. The van der Waals surface area contributed by atoms with E-state index < -0.39 is 12.0 Å². The number of methoxy groups -OCH3 is 1. The number of nitrogens with zero attached hydrogens (tertiary/aromatic N) is 1. The molecule has 1 aromatic carbocycles. The number of rotatable bonds is 4. The minimum absolute atomic E-state index is 0.198. The first kappa shape index (κ1) is 16.8. The van der Waals surface area contributed by atoms with Crippen molar-refractivity contribution in [1.82, 2.24) is 4.90 Å². The van der Waals surface area contributed by atoms with Crippen LogP contribution in [0.15, 0.2) is 18.2 Å². The number of carbonyl (C=O) groups excluding carboxylic acids is 1. The number of benzene rings is 1. The molecule has 1 heterocycles. The number of hydrogen-bond donors (Lipinski definition) is 1. The predicted octanol–water partition coefficient (Wildman–Crippen LogP) is 3.43. The third-order valence-electron chi connectivity index (χ3n) is 5.29. The number of ether oxygens (including phenoxy) is 1. The van der Waals surface area contributed by atoms with Crippen LogP contribution in [-0.4, -0.2) is 41.6 Å². The Morgan fingerprint density at radius 2 is 1.83 bits per heavy atom. The summed E-state index contributed by atoms with van der Waals surface area (Å²) in [6.45, 7) is 0.506. The summed E-state index contributed by atoms with van der Waals surface area (Å²) in [5.41, 5.74) is 1.69. The van der Waals surface area contributed by atoms with Crippen molar-refractivity contribution in [2.75, 3.05) is 13.7 Å². The molecule has 5 nitrogen and oxygen atoms in total. The number of hydrogen-bond acceptors (Lipinski definition) is 3. The van der Waals surface area contributed by atoms with Gasteiger partial charge in [0.1, 0.15) is 11.8 Å². The summed E-state index contributed by atoms with van der Waals surface area (Å²) < 4.78 is 5.39. The quantitative estimate of drug-likeness (QED) is 0.918. The van der Waals surface area contributed by atoms with Crippen LogP contribution in [0.3, 0.4) is 0 Å². The van der Waals surface area contributed by atoms with Crippen molar-refractivity contribution < 1.29 is 19.4 Å². The molecule has 1 saturated carbocycles. The second-order valence-corrected chi connectivity index (χ2v) is 6.82. The van der Waals surface area contributed by atoms with Crippen LogP contribution in [0.5, 0.6) is 5.75 Å². The van der Waals surface area contributed by atoms with E-state index in [2.05, 4.69) is 0 Å². The summed E-state index contributed by atoms with van der Waals surface area (Å²) >= 11 is 0. The Morgan fingerprint density at radius 1 is 1.08 bits per heavy atom. The SMILES string of the molecule is COc1cc(C(=O)N2CCCC2C(=O)O)cc(C2CCCCC2)c1. The van der Waals surface area contributed by atoms with E-state index in [0.29, 0.717) is 30.2 Å².